The maximum Gasteiger partial charge on any atom is 0.311 e. The Balaban J connectivity index is 1.60. The standard InChI is InChI=1S/C34H38O2/c1-30(2,3)29(35)36-34-23-31(26-13-7-4-8-14-26)19-20-32(24-34,27-15-9-5-10-16-27)22-33(21-31,25-34)28-17-11-6-12-18-28/h4-18H,19-25H2,1-3H3. The maximum atomic E-state index is 13.6. The van der Waals surface area contributed by atoms with E-state index < -0.39 is 11.0 Å². The van der Waals surface area contributed by atoms with Crippen molar-refractivity contribution in [3.63, 3.8) is 0 Å². The number of fused-ring (bicyclic) bond motifs is 1. The van der Waals surface area contributed by atoms with Crippen LogP contribution in [0.2, 0.25) is 0 Å². The van der Waals surface area contributed by atoms with Gasteiger partial charge in [-0.15, -0.1) is 0 Å². The topological polar surface area (TPSA) is 26.3 Å². The number of benzene rings is 3. The zero-order valence-corrected chi connectivity index (χ0v) is 21.9. The van der Waals surface area contributed by atoms with Gasteiger partial charge in [-0.25, -0.2) is 0 Å². The molecule has 2 heteroatoms. The highest BCUT2D eigenvalue weighted by Gasteiger charge is 2.67. The highest BCUT2D eigenvalue weighted by atomic mass is 16.6. The van der Waals surface area contributed by atoms with E-state index in [4.69, 9.17) is 4.74 Å². The summed E-state index contributed by atoms with van der Waals surface area (Å²) in [6.07, 6.45) is 7.19. The molecule has 4 saturated carbocycles. The van der Waals surface area contributed by atoms with Crippen LogP contribution in [0.1, 0.15) is 82.4 Å². The van der Waals surface area contributed by atoms with Gasteiger partial charge in [0.2, 0.25) is 0 Å². The van der Waals surface area contributed by atoms with Crippen LogP contribution >= 0.6 is 0 Å². The molecule has 0 N–H and O–H groups in total. The van der Waals surface area contributed by atoms with Crippen molar-refractivity contribution >= 4 is 5.97 Å². The lowest BCUT2D eigenvalue weighted by atomic mass is 9.46. The van der Waals surface area contributed by atoms with Gasteiger partial charge in [-0.2, -0.15) is 0 Å². The van der Waals surface area contributed by atoms with Gasteiger partial charge in [0.1, 0.15) is 5.60 Å². The Labute approximate surface area is 216 Å². The van der Waals surface area contributed by atoms with Gasteiger partial charge in [0.05, 0.1) is 5.41 Å². The average molecular weight is 479 g/mol. The Morgan fingerprint density at radius 1 is 0.583 bits per heavy atom. The summed E-state index contributed by atoms with van der Waals surface area (Å²) >= 11 is 0. The molecule has 2 atom stereocenters. The molecule has 0 radical (unpaired) electrons. The Morgan fingerprint density at radius 2 is 0.944 bits per heavy atom. The molecular weight excluding hydrogens is 440 g/mol. The third-order valence-electron chi connectivity index (χ3n) is 9.50. The third kappa shape index (κ3) is 3.72. The molecule has 0 spiro atoms. The van der Waals surface area contributed by atoms with Crippen LogP contribution < -0.4 is 0 Å². The van der Waals surface area contributed by atoms with Crippen molar-refractivity contribution in [2.24, 2.45) is 5.41 Å². The van der Waals surface area contributed by atoms with Gasteiger partial charge in [0.25, 0.3) is 0 Å². The molecule has 2 nitrogen and oxygen atoms in total. The molecule has 0 aromatic heterocycles. The second-order valence-corrected chi connectivity index (χ2v) is 13.1. The molecule has 0 aliphatic heterocycles. The second-order valence-electron chi connectivity index (χ2n) is 13.1. The van der Waals surface area contributed by atoms with Gasteiger partial charge in [-0.05, 0) is 93.2 Å². The van der Waals surface area contributed by atoms with Gasteiger partial charge < -0.3 is 4.74 Å². The molecule has 0 amide bonds. The van der Waals surface area contributed by atoms with Crippen molar-refractivity contribution < 1.29 is 9.53 Å². The van der Waals surface area contributed by atoms with Crippen LogP contribution in [0.25, 0.3) is 0 Å². The number of hydrogen-bond donors (Lipinski definition) is 0. The Bertz CT molecular complexity index is 1180. The number of carbonyl (C=O) groups excluding carboxylic acids is 1. The lowest BCUT2D eigenvalue weighted by Crippen LogP contribution is -2.60. The quantitative estimate of drug-likeness (QED) is 0.356. The monoisotopic (exact) mass is 478 g/mol. The highest BCUT2D eigenvalue weighted by Crippen LogP contribution is 2.69. The first-order chi connectivity index (χ1) is 17.2. The summed E-state index contributed by atoms with van der Waals surface area (Å²) in [7, 11) is 0. The normalized spacial score (nSPS) is 33.2. The summed E-state index contributed by atoms with van der Waals surface area (Å²) in [5.74, 6) is -0.0703. The Kier molecular flexibility index (Phi) is 5.27. The minimum atomic E-state index is -0.530. The van der Waals surface area contributed by atoms with Crippen molar-refractivity contribution in [1.82, 2.24) is 0 Å². The molecule has 7 rings (SSSR count). The minimum absolute atomic E-state index is 0.0133. The lowest BCUT2D eigenvalue weighted by molar-refractivity contribution is -0.188. The van der Waals surface area contributed by atoms with Crippen LogP contribution in [0.5, 0.6) is 0 Å². The summed E-state index contributed by atoms with van der Waals surface area (Å²) in [5.41, 5.74) is 3.14. The molecular formula is C34H38O2. The van der Waals surface area contributed by atoms with Gasteiger partial charge in [0.15, 0.2) is 0 Å². The van der Waals surface area contributed by atoms with E-state index in [9.17, 15) is 4.79 Å². The molecule has 0 saturated heterocycles. The van der Waals surface area contributed by atoms with Crippen LogP contribution in [0.3, 0.4) is 0 Å². The number of ether oxygens (including phenoxy) is 1. The van der Waals surface area contributed by atoms with E-state index >= 15 is 0 Å². The largest absolute Gasteiger partial charge is 0.459 e. The zero-order valence-electron chi connectivity index (χ0n) is 21.9. The number of carbonyl (C=O) groups is 1. The predicted octanol–water partition coefficient (Wildman–Crippen LogP) is 7.90. The number of esters is 1. The van der Waals surface area contributed by atoms with Crippen molar-refractivity contribution in [1.29, 1.82) is 0 Å². The summed E-state index contributed by atoms with van der Waals surface area (Å²) in [5, 5.41) is 0. The first kappa shape index (κ1) is 23.5. The highest BCUT2D eigenvalue weighted by molar-refractivity contribution is 5.76. The van der Waals surface area contributed by atoms with Crippen LogP contribution in [0, 0.1) is 5.41 Å². The smallest absolute Gasteiger partial charge is 0.311 e. The van der Waals surface area contributed by atoms with Gasteiger partial charge >= 0.3 is 5.97 Å². The van der Waals surface area contributed by atoms with Crippen molar-refractivity contribution in [2.75, 3.05) is 0 Å². The summed E-state index contributed by atoms with van der Waals surface area (Å²) in [6.45, 7) is 5.95. The molecule has 3 aromatic rings. The summed E-state index contributed by atoms with van der Waals surface area (Å²) in [4.78, 5) is 13.6. The first-order valence-corrected chi connectivity index (χ1v) is 13.6. The molecule has 4 aliphatic rings. The lowest BCUT2D eigenvalue weighted by Gasteiger charge is -2.61. The predicted molar refractivity (Wildman–Crippen MR) is 145 cm³/mol. The fourth-order valence-electron chi connectivity index (χ4n) is 8.31. The van der Waals surface area contributed by atoms with E-state index in [0.29, 0.717) is 0 Å². The molecule has 4 aliphatic carbocycles. The minimum Gasteiger partial charge on any atom is -0.459 e. The van der Waals surface area contributed by atoms with E-state index in [1.165, 1.54) is 16.7 Å². The van der Waals surface area contributed by atoms with Gasteiger partial charge in [-0.1, -0.05) is 91.0 Å². The van der Waals surface area contributed by atoms with E-state index in [1.54, 1.807) is 0 Å². The number of hydrogen-bond acceptors (Lipinski definition) is 2. The van der Waals surface area contributed by atoms with Crippen molar-refractivity contribution in [2.45, 2.75) is 87.6 Å². The third-order valence-corrected chi connectivity index (χ3v) is 9.50. The Morgan fingerprint density at radius 3 is 1.33 bits per heavy atom. The van der Waals surface area contributed by atoms with Crippen LogP contribution in [0.4, 0.5) is 0 Å². The zero-order chi connectivity index (χ0) is 25.1. The fraction of sp³-hybridized carbons (Fsp3) is 0.441. The summed E-state index contributed by atoms with van der Waals surface area (Å²) < 4.78 is 6.80. The second kappa shape index (κ2) is 8.07. The molecule has 0 heterocycles. The molecule has 4 fully saturated rings. The van der Waals surface area contributed by atoms with Crippen molar-refractivity contribution in [3.05, 3.63) is 108 Å². The van der Waals surface area contributed by atoms with Crippen LogP contribution in [-0.4, -0.2) is 11.6 Å². The molecule has 2 unspecified atom stereocenters. The first-order valence-electron chi connectivity index (χ1n) is 13.6. The van der Waals surface area contributed by atoms with Crippen LogP contribution in [0.15, 0.2) is 91.0 Å². The molecule has 4 bridgehead atoms. The van der Waals surface area contributed by atoms with Crippen LogP contribution in [-0.2, 0) is 25.8 Å². The number of rotatable bonds is 4. The van der Waals surface area contributed by atoms with Gasteiger partial charge in [-0.3, -0.25) is 4.79 Å². The average Bonchev–Trinajstić information content (AvgIpc) is 3.05. The van der Waals surface area contributed by atoms with E-state index in [-0.39, 0.29) is 22.2 Å². The van der Waals surface area contributed by atoms with E-state index in [0.717, 1.165) is 44.9 Å². The Hall–Kier alpha value is -2.87. The maximum absolute atomic E-state index is 13.6. The molecule has 186 valence electrons. The molecule has 36 heavy (non-hydrogen) atoms. The van der Waals surface area contributed by atoms with E-state index in [2.05, 4.69) is 91.0 Å². The van der Waals surface area contributed by atoms with Gasteiger partial charge in [0, 0.05) is 5.41 Å². The summed E-state index contributed by atoms with van der Waals surface area (Å²) in [6, 6.07) is 33.4. The molecule has 3 aromatic carbocycles. The fourth-order valence-corrected chi connectivity index (χ4v) is 8.31. The SMILES string of the molecule is CC(C)(C)C(=O)OC12CC3(c4ccccc4)CCC(c4ccccc4)(C1)CC(c1ccccc1)(C2)C3. The van der Waals surface area contributed by atoms with E-state index in [1.807, 2.05) is 20.8 Å². The van der Waals surface area contributed by atoms with Crippen molar-refractivity contribution in [3.8, 4) is 0 Å².